The van der Waals surface area contributed by atoms with E-state index in [0.29, 0.717) is 12.8 Å². The van der Waals surface area contributed by atoms with E-state index >= 15 is 0 Å². The molecular weight excluding hydrogens is 304 g/mol. The number of phenols is 1. The van der Waals surface area contributed by atoms with Gasteiger partial charge in [0.2, 0.25) is 12.2 Å². The molecule has 1 amide bonds. The second kappa shape index (κ2) is 8.84. The largest absolute Gasteiger partial charge is 0.508 e. The van der Waals surface area contributed by atoms with Crippen LogP contribution in [0.15, 0.2) is 54.6 Å². The van der Waals surface area contributed by atoms with Crippen LogP contribution in [-0.2, 0) is 22.4 Å². The van der Waals surface area contributed by atoms with Crippen molar-refractivity contribution >= 4 is 12.2 Å². The first-order valence-electron chi connectivity index (χ1n) is 7.79. The highest BCUT2D eigenvalue weighted by Crippen LogP contribution is 2.11. The average molecular weight is 325 g/mol. The summed E-state index contributed by atoms with van der Waals surface area (Å²) in [7, 11) is 1.72. The van der Waals surface area contributed by atoms with Crippen molar-refractivity contribution in [1.82, 2.24) is 10.6 Å². The van der Waals surface area contributed by atoms with Crippen LogP contribution in [0.2, 0.25) is 0 Å². The van der Waals surface area contributed by atoms with Crippen molar-refractivity contribution < 1.29 is 14.7 Å². The molecule has 0 heterocycles. The summed E-state index contributed by atoms with van der Waals surface area (Å²) in [6.45, 7) is 0. The number of hydrogen-bond acceptors (Lipinski definition) is 4. The number of nitrogens with one attached hydrogen (secondary N) is 2. The molecule has 2 aromatic rings. The van der Waals surface area contributed by atoms with Crippen molar-refractivity contribution in [3.05, 3.63) is 65.7 Å². The summed E-state index contributed by atoms with van der Waals surface area (Å²) in [6, 6.07) is 15.0. The van der Waals surface area contributed by atoms with Crippen molar-refractivity contribution in [1.29, 1.82) is 0 Å². The summed E-state index contributed by atoms with van der Waals surface area (Å²) in [4.78, 5) is 23.6. The molecule has 2 aromatic carbocycles. The maximum Gasteiger partial charge on any atom is 0.238 e. The molecule has 0 unspecified atom stereocenters. The highest BCUT2D eigenvalue weighted by atomic mass is 16.3. The van der Waals surface area contributed by atoms with Gasteiger partial charge in [-0.3, -0.25) is 9.59 Å². The third-order valence-corrected chi connectivity index (χ3v) is 3.78. The van der Waals surface area contributed by atoms with Gasteiger partial charge in [-0.05, 0) is 36.7 Å². The quantitative estimate of drug-likeness (QED) is 0.685. The molecule has 5 heteroatoms. The van der Waals surface area contributed by atoms with Gasteiger partial charge in [-0.2, -0.15) is 0 Å². The molecular formula is C19H21N2O3. The molecule has 5 nitrogen and oxygen atoms in total. The molecule has 0 saturated heterocycles. The van der Waals surface area contributed by atoms with Gasteiger partial charge in [-0.15, -0.1) is 0 Å². The van der Waals surface area contributed by atoms with E-state index in [2.05, 4.69) is 10.6 Å². The zero-order chi connectivity index (χ0) is 17.4. The average Bonchev–Trinajstić information content (AvgIpc) is 2.61. The molecule has 0 bridgehead atoms. The summed E-state index contributed by atoms with van der Waals surface area (Å²) in [5.41, 5.74) is 1.88. The van der Waals surface area contributed by atoms with E-state index in [1.54, 1.807) is 31.3 Å². The first kappa shape index (κ1) is 17.7. The lowest BCUT2D eigenvalue weighted by Gasteiger charge is -2.19. The van der Waals surface area contributed by atoms with Crippen molar-refractivity contribution in [2.24, 2.45) is 0 Å². The first-order chi connectivity index (χ1) is 11.6. The van der Waals surface area contributed by atoms with E-state index in [1.807, 2.05) is 36.6 Å². The molecule has 0 aliphatic heterocycles. The van der Waals surface area contributed by atoms with Crippen molar-refractivity contribution in [2.45, 2.75) is 24.9 Å². The Labute approximate surface area is 141 Å². The molecule has 0 spiro atoms. The number of carbonyl (C=O) groups is 1. The Morgan fingerprint density at radius 3 is 2.25 bits per heavy atom. The summed E-state index contributed by atoms with van der Waals surface area (Å²) >= 11 is 0. The van der Waals surface area contributed by atoms with Gasteiger partial charge in [0.1, 0.15) is 5.75 Å². The van der Waals surface area contributed by atoms with E-state index in [1.165, 1.54) is 0 Å². The lowest BCUT2D eigenvalue weighted by Crippen LogP contribution is -2.48. The summed E-state index contributed by atoms with van der Waals surface area (Å²) in [5, 5.41) is 15.0. The Morgan fingerprint density at radius 2 is 1.67 bits per heavy atom. The molecule has 0 aliphatic carbocycles. The monoisotopic (exact) mass is 325 g/mol. The summed E-state index contributed by atoms with van der Waals surface area (Å²) < 4.78 is 0. The van der Waals surface area contributed by atoms with Gasteiger partial charge in [0.15, 0.2) is 0 Å². The number of amides is 1. The zero-order valence-corrected chi connectivity index (χ0v) is 13.5. The van der Waals surface area contributed by atoms with E-state index in [0.717, 1.165) is 11.1 Å². The minimum Gasteiger partial charge on any atom is -0.508 e. The summed E-state index contributed by atoms with van der Waals surface area (Å²) in [6.07, 6.45) is 2.73. The van der Waals surface area contributed by atoms with Gasteiger partial charge in [0.05, 0.1) is 12.1 Å². The molecule has 1 radical (unpaired) electrons. The Kier molecular flexibility index (Phi) is 6.51. The highest BCUT2D eigenvalue weighted by Gasteiger charge is 2.20. The van der Waals surface area contributed by atoms with E-state index in [9.17, 15) is 14.7 Å². The van der Waals surface area contributed by atoms with Gasteiger partial charge < -0.3 is 15.7 Å². The second-order valence-corrected chi connectivity index (χ2v) is 5.58. The number of rotatable bonds is 8. The standard InChI is InChI=1S/C19H21N2O3/c1-20-18(12-14-5-3-2-4-6-14)19(24)21-16(13-22)11-15-7-9-17(23)10-8-15/h2-10,16,18,20,23H,11-12H2,1H3,(H,21,24)/t16-,18-/m0/s1. The van der Waals surface area contributed by atoms with Gasteiger partial charge in [-0.25, -0.2) is 0 Å². The fraction of sp³-hybridized carbons (Fsp3) is 0.263. The van der Waals surface area contributed by atoms with Crippen LogP contribution in [-0.4, -0.2) is 36.4 Å². The number of likely N-dealkylation sites (N-methyl/N-ethyl adjacent to an activating group) is 1. The van der Waals surface area contributed by atoms with Crippen LogP contribution in [0.4, 0.5) is 0 Å². The molecule has 0 saturated carbocycles. The van der Waals surface area contributed by atoms with Crippen LogP contribution in [0.25, 0.3) is 0 Å². The zero-order valence-electron chi connectivity index (χ0n) is 13.5. The maximum absolute atomic E-state index is 12.4. The molecule has 0 fully saturated rings. The second-order valence-electron chi connectivity index (χ2n) is 5.58. The maximum atomic E-state index is 12.4. The van der Waals surface area contributed by atoms with E-state index in [4.69, 9.17) is 0 Å². The lowest BCUT2D eigenvalue weighted by atomic mass is 10.0. The third kappa shape index (κ3) is 5.21. The normalized spacial score (nSPS) is 13.0. The van der Waals surface area contributed by atoms with Crippen LogP contribution in [0.3, 0.4) is 0 Å². The number of carbonyl (C=O) groups excluding carboxylic acids is 2. The lowest BCUT2D eigenvalue weighted by molar-refractivity contribution is -0.123. The number of phenolic OH excluding ortho intramolecular Hbond substituents is 1. The molecule has 2 rings (SSSR count). The third-order valence-electron chi connectivity index (χ3n) is 3.78. The molecule has 24 heavy (non-hydrogen) atoms. The minimum absolute atomic E-state index is 0.160. The minimum atomic E-state index is -0.728. The van der Waals surface area contributed by atoms with Crippen LogP contribution in [0, 0.1) is 0 Å². The fourth-order valence-corrected chi connectivity index (χ4v) is 2.44. The van der Waals surface area contributed by atoms with Crippen molar-refractivity contribution in [3.63, 3.8) is 0 Å². The Bertz CT molecular complexity index is 656. The highest BCUT2D eigenvalue weighted by molar-refractivity contribution is 5.84. The van der Waals surface area contributed by atoms with Crippen LogP contribution >= 0.6 is 0 Å². The predicted octanol–water partition coefficient (Wildman–Crippen LogP) is 1.36. The molecule has 3 N–H and O–H groups in total. The van der Waals surface area contributed by atoms with Crippen LogP contribution < -0.4 is 10.6 Å². The molecule has 125 valence electrons. The predicted molar refractivity (Wildman–Crippen MR) is 92.4 cm³/mol. The molecule has 2 atom stereocenters. The Hall–Kier alpha value is -2.66. The number of benzene rings is 2. The number of hydrogen-bond donors (Lipinski definition) is 3. The van der Waals surface area contributed by atoms with E-state index in [-0.39, 0.29) is 11.7 Å². The molecule has 0 aliphatic rings. The van der Waals surface area contributed by atoms with Crippen molar-refractivity contribution in [2.75, 3.05) is 7.05 Å². The van der Waals surface area contributed by atoms with Crippen molar-refractivity contribution in [3.8, 4) is 5.75 Å². The van der Waals surface area contributed by atoms with Gasteiger partial charge >= 0.3 is 0 Å². The van der Waals surface area contributed by atoms with Crippen LogP contribution in [0.1, 0.15) is 11.1 Å². The Morgan fingerprint density at radius 1 is 1.04 bits per heavy atom. The fourth-order valence-electron chi connectivity index (χ4n) is 2.44. The topological polar surface area (TPSA) is 78.4 Å². The van der Waals surface area contributed by atoms with Gasteiger partial charge in [0.25, 0.3) is 0 Å². The smallest absolute Gasteiger partial charge is 0.238 e. The summed E-state index contributed by atoms with van der Waals surface area (Å²) in [5.74, 6) is -0.0824. The Balaban J connectivity index is 1.96. The SMILES string of the molecule is CN[C@@H](Cc1ccccc1)C(=O)N[C@H]([C]=O)Cc1ccc(O)cc1. The first-order valence-corrected chi connectivity index (χ1v) is 7.79. The molecule has 0 aromatic heterocycles. The number of aromatic hydroxyl groups is 1. The van der Waals surface area contributed by atoms with Gasteiger partial charge in [-0.1, -0.05) is 42.5 Å². The van der Waals surface area contributed by atoms with E-state index < -0.39 is 12.1 Å². The van der Waals surface area contributed by atoms with Crippen LogP contribution in [0.5, 0.6) is 5.75 Å². The van der Waals surface area contributed by atoms with Gasteiger partial charge in [0, 0.05) is 6.42 Å².